The second kappa shape index (κ2) is 7.99. The first kappa shape index (κ1) is 19.8. The van der Waals surface area contributed by atoms with Crippen molar-refractivity contribution in [3.63, 3.8) is 0 Å². The zero-order chi connectivity index (χ0) is 23.2. The standard InChI is InChI=1S/C30H21N3O2/c1-4-10-20(11-5-1)28-24-18-26-25(34-19-35-26)16-23(24)17-27-31-29(21-12-6-2-7-13-21)30(33(27)32-28)22-14-8-3-9-15-22/h1-16,18H,17,19H2. The van der Waals surface area contributed by atoms with Crippen LogP contribution in [0.25, 0.3) is 22.5 Å². The highest BCUT2D eigenvalue weighted by Crippen LogP contribution is 2.40. The predicted octanol–water partition coefficient (Wildman–Crippen LogP) is 6.15. The summed E-state index contributed by atoms with van der Waals surface area (Å²) < 4.78 is 13.5. The van der Waals surface area contributed by atoms with Gasteiger partial charge in [-0.3, -0.25) is 0 Å². The van der Waals surface area contributed by atoms with Gasteiger partial charge in [-0.25, -0.2) is 9.66 Å². The molecule has 2 aliphatic heterocycles. The maximum atomic E-state index is 5.72. The molecule has 2 aliphatic rings. The van der Waals surface area contributed by atoms with Crippen LogP contribution in [0.1, 0.15) is 22.5 Å². The molecule has 0 saturated heterocycles. The van der Waals surface area contributed by atoms with Crippen LogP contribution in [0.3, 0.4) is 0 Å². The van der Waals surface area contributed by atoms with Gasteiger partial charge in [0.05, 0.1) is 11.4 Å². The average molecular weight is 456 g/mol. The van der Waals surface area contributed by atoms with Gasteiger partial charge in [-0.2, -0.15) is 5.10 Å². The van der Waals surface area contributed by atoms with Crippen molar-refractivity contribution in [1.82, 2.24) is 9.66 Å². The second-order valence-electron chi connectivity index (χ2n) is 8.62. The van der Waals surface area contributed by atoms with Crippen molar-refractivity contribution >= 4 is 5.71 Å². The largest absolute Gasteiger partial charge is 0.454 e. The number of benzene rings is 4. The van der Waals surface area contributed by atoms with Gasteiger partial charge >= 0.3 is 0 Å². The van der Waals surface area contributed by atoms with Crippen LogP contribution in [0.4, 0.5) is 0 Å². The minimum Gasteiger partial charge on any atom is -0.454 e. The van der Waals surface area contributed by atoms with Crippen molar-refractivity contribution in [1.29, 1.82) is 0 Å². The molecule has 7 rings (SSSR count). The molecule has 0 spiro atoms. The van der Waals surface area contributed by atoms with Crippen LogP contribution in [0.5, 0.6) is 11.5 Å². The van der Waals surface area contributed by atoms with E-state index in [1.165, 1.54) is 0 Å². The van der Waals surface area contributed by atoms with E-state index >= 15 is 0 Å². The van der Waals surface area contributed by atoms with E-state index in [1.807, 2.05) is 47.1 Å². The van der Waals surface area contributed by atoms with Gasteiger partial charge in [-0.15, -0.1) is 0 Å². The van der Waals surface area contributed by atoms with Crippen LogP contribution in [-0.4, -0.2) is 22.2 Å². The number of imidazole rings is 1. The van der Waals surface area contributed by atoms with Gasteiger partial charge in [-0.1, -0.05) is 91.0 Å². The van der Waals surface area contributed by atoms with Crippen LogP contribution in [-0.2, 0) is 6.42 Å². The maximum absolute atomic E-state index is 5.72. The third kappa shape index (κ3) is 3.32. The number of fused-ring (bicyclic) bond motifs is 3. The number of hydrogen-bond acceptors (Lipinski definition) is 4. The van der Waals surface area contributed by atoms with Gasteiger partial charge in [0.2, 0.25) is 6.79 Å². The summed E-state index contributed by atoms with van der Waals surface area (Å²) in [6.07, 6.45) is 0.623. The minimum absolute atomic E-state index is 0.237. The number of nitrogens with zero attached hydrogens (tertiary/aromatic N) is 3. The van der Waals surface area contributed by atoms with Crippen LogP contribution >= 0.6 is 0 Å². The van der Waals surface area contributed by atoms with Crippen molar-refractivity contribution in [3.8, 4) is 34.0 Å². The molecule has 3 heterocycles. The minimum atomic E-state index is 0.237. The highest BCUT2D eigenvalue weighted by molar-refractivity contribution is 6.14. The van der Waals surface area contributed by atoms with Crippen molar-refractivity contribution in [2.45, 2.75) is 6.42 Å². The summed E-state index contributed by atoms with van der Waals surface area (Å²) in [5, 5.41) is 5.27. The molecule has 5 heteroatoms. The number of rotatable bonds is 3. The Kier molecular flexibility index (Phi) is 4.52. The molecule has 0 amide bonds. The molecule has 4 aromatic carbocycles. The number of ether oxygens (including phenoxy) is 2. The number of aromatic nitrogens is 2. The fourth-order valence-corrected chi connectivity index (χ4v) is 4.82. The fourth-order valence-electron chi connectivity index (χ4n) is 4.82. The molecule has 168 valence electrons. The molecule has 0 aliphatic carbocycles. The van der Waals surface area contributed by atoms with Gasteiger partial charge < -0.3 is 9.47 Å². The molecule has 35 heavy (non-hydrogen) atoms. The van der Waals surface area contributed by atoms with Gasteiger partial charge in [0.25, 0.3) is 0 Å². The third-order valence-electron chi connectivity index (χ3n) is 6.47. The lowest BCUT2D eigenvalue weighted by atomic mass is 9.95. The molecular formula is C30H21N3O2. The Labute approximate surface area is 202 Å². The Bertz CT molecular complexity index is 1570. The molecule has 0 radical (unpaired) electrons. The van der Waals surface area contributed by atoms with Gasteiger partial charge in [0, 0.05) is 28.7 Å². The molecule has 0 N–H and O–H groups in total. The summed E-state index contributed by atoms with van der Waals surface area (Å²) in [4.78, 5) is 5.16. The third-order valence-corrected chi connectivity index (χ3v) is 6.47. The zero-order valence-corrected chi connectivity index (χ0v) is 18.9. The normalized spacial score (nSPS) is 13.5. The zero-order valence-electron chi connectivity index (χ0n) is 18.9. The van der Waals surface area contributed by atoms with Gasteiger partial charge in [0.1, 0.15) is 11.5 Å². The van der Waals surface area contributed by atoms with E-state index in [0.717, 1.165) is 62.2 Å². The van der Waals surface area contributed by atoms with E-state index < -0.39 is 0 Å². The van der Waals surface area contributed by atoms with E-state index in [2.05, 4.69) is 60.7 Å². The van der Waals surface area contributed by atoms with Gasteiger partial charge in [-0.05, 0) is 17.7 Å². The summed E-state index contributed by atoms with van der Waals surface area (Å²) >= 11 is 0. The second-order valence-corrected chi connectivity index (χ2v) is 8.62. The Hall–Kier alpha value is -4.64. The summed E-state index contributed by atoms with van der Waals surface area (Å²) in [6, 6.07) is 35.1. The molecule has 0 bridgehead atoms. The Morgan fingerprint density at radius 2 is 1.26 bits per heavy atom. The first-order valence-corrected chi connectivity index (χ1v) is 11.6. The predicted molar refractivity (Wildman–Crippen MR) is 136 cm³/mol. The van der Waals surface area contributed by atoms with E-state index in [4.69, 9.17) is 19.6 Å². The quantitative estimate of drug-likeness (QED) is 0.322. The van der Waals surface area contributed by atoms with E-state index in [0.29, 0.717) is 6.42 Å². The topological polar surface area (TPSA) is 48.6 Å². The summed E-state index contributed by atoms with van der Waals surface area (Å²) in [5.74, 6) is 2.40. The molecule has 0 fully saturated rings. The Morgan fingerprint density at radius 3 is 1.94 bits per heavy atom. The molecule has 0 saturated carbocycles. The first-order valence-electron chi connectivity index (χ1n) is 11.6. The van der Waals surface area contributed by atoms with Crippen LogP contribution < -0.4 is 9.47 Å². The van der Waals surface area contributed by atoms with E-state index in [1.54, 1.807) is 0 Å². The highest BCUT2D eigenvalue weighted by atomic mass is 16.7. The first-order chi connectivity index (χ1) is 17.3. The van der Waals surface area contributed by atoms with Crippen molar-refractivity contribution in [3.05, 3.63) is 126 Å². The lowest BCUT2D eigenvalue weighted by Gasteiger charge is -2.12. The van der Waals surface area contributed by atoms with Crippen LogP contribution in [0.2, 0.25) is 0 Å². The van der Waals surface area contributed by atoms with E-state index in [-0.39, 0.29) is 6.79 Å². The summed E-state index contributed by atoms with van der Waals surface area (Å²) in [6.45, 7) is 0.237. The SMILES string of the molecule is c1ccc(C2=Nn3c(nc(-c4ccccc4)c3-c3ccccc3)Cc3cc4c(cc32)OCO4)cc1. The molecule has 0 unspecified atom stereocenters. The molecular weight excluding hydrogens is 434 g/mol. The molecule has 0 atom stereocenters. The monoisotopic (exact) mass is 455 g/mol. The number of hydrogen-bond donors (Lipinski definition) is 0. The molecule has 5 nitrogen and oxygen atoms in total. The summed E-state index contributed by atoms with van der Waals surface area (Å²) in [5.41, 5.74) is 8.10. The van der Waals surface area contributed by atoms with Crippen LogP contribution in [0, 0.1) is 0 Å². The average Bonchev–Trinajstić information content (AvgIpc) is 3.49. The Balaban J connectivity index is 1.54. The molecule has 5 aromatic rings. The smallest absolute Gasteiger partial charge is 0.231 e. The summed E-state index contributed by atoms with van der Waals surface area (Å²) in [7, 11) is 0. The Morgan fingerprint density at radius 1 is 0.657 bits per heavy atom. The lowest BCUT2D eigenvalue weighted by molar-refractivity contribution is 0.174. The van der Waals surface area contributed by atoms with Crippen molar-refractivity contribution in [2.24, 2.45) is 5.10 Å². The molecule has 1 aromatic heterocycles. The maximum Gasteiger partial charge on any atom is 0.231 e. The van der Waals surface area contributed by atoms with Crippen molar-refractivity contribution < 1.29 is 9.47 Å². The highest BCUT2D eigenvalue weighted by Gasteiger charge is 2.28. The lowest BCUT2D eigenvalue weighted by Crippen LogP contribution is -2.07. The van der Waals surface area contributed by atoms with Gasteiger partial charge in [0.15, 0.2) is 11.5 Å². The fraction of sp³-hybridized carbons (Fsp3) is 0.0667. The van der Waals surface area contributed by atoms with Crippen LogP contribution in [0.15, 0.2) is 108 Å². The van der Waals surface area contributed by atoms with E-state index in [9.17, 15) is 0 Å². The van der Waals surface area contributed by atoms with Crippen molar-refractivity contribution in [2.75, 3.05) is 6.79 Å².